The molecule has 0 saturated carbocycles. The largest absolute Gasteiger partial charge is 0.457 e. The first-order valence-electron chi connectivity index (χ1n) is 5.49. The van der Waals surface area contributed by atoms with Crippen LogP contribution in [0.4, 0.5) is 13.2 Å². The first kappa shape index (κ1) is 13.7. The molecule has 0 unspecified atom stereocenters. The quantitative estimate of drug-likeness (QED) is 0.701. The van der Waals surface area contributed by atoms with Crippen LogP contribution in [0.15, 0.2) is 48.5 Å². The van der Waals surface area contributed by atoms with Gasteiger partial charge < -0.3 is 4.74 Å². The lowest BCUT2D eigenvalue weighted by atomic mass is 10.2. The normalized spacial score (nSPS) is 11.4. The van der Waals surface area contributed by atoms with Crippen molar-refractivity contribution in [3.05, 3.63) is 59.7 Å². The lowest BCUT2D eigenvalue weighted by molar-refractivity contribution is -0.137. The van der Waals surface area contributed by atoms with Crippen LogP contribution in [0.25, 0.3) is 0 Å². The number of benzene rings is 2. The highest BCUT2D eigenvalue weighted by molar-refractivity contribution is 6.17. The number of ether oxygens (including phenoxy) is 1. The first-order chi connectivity index (χ1) is 8.99. The van der Waals surface area contributed by atoms with Crippen LogP contribution >= 0.6 is 11.6 Å². The molecular weight excluding hydrogens is 277 g/mol. The molecule has 0 heterocycles. The second kappa shape index (κ2) is 5.53. The van der Waals surface area contributed by atoms with Gasteiger partial charge in [0.15, 0.2) is 0 Å². The van der Waals surface area contributed by atoms with Crippen LogP contribution in [0.1, 0.15) is 11.1 Å². The van der Waals surface area contributed by atoms with E-state index in [2.05, 4.69) is 0 Å². The smallest absolute Gasteiger partial charge is 0.416 e. The summed E-state index contributed by atoms with van der Waals surface area (Å²) in [5, 5.41) is 0. The van der Waals surface area contributed by atoms with Crippen molar-refractivity contribution in [3.8, 4) is 11.5 Å². The maximum atomic E-state index is 12.6. The van der Waals surface area contributed by atoms with Gasteiger partial charge in [0.25, 0.3) is 0 Å². The molecule has 0 aromatic heterocycles. The predicted octanol–water partition coefficient (Wildman–Crippen LogP) is 5.24. The molecule has 19 heavy (non-hydrogen) atoms. The fourth-order valence-electron chi connectivity index (χ4n) is 1.56. The Morgan fingerprint density at radius 2 is 1.58 bits per heavy atom. The van der Waals surface area contributed by atoms with E-state index in [9.17, 15) is 13.2 Å². The third-order valence-corrected chi connectivity index (χ3v) is 2.76. The van der Waals surface area contributed by atoms with Crippen LogP contribution in [-0.4, -0.2) is 0 Å². The standard InChI is InChI=1S/C14H10ClF3O/c15-9-10-3-1-5-12(7-10)19-13-6-2-4-11(8-13)14(16,17)18/h1-8H,9H2. The minimum Gasteiger partial charge on any atom is -0.457 e. The van der Waals surface area contributed by atoms with Gasteiger partial charge in [0, 0.05) is 5.88 Å². The summed E-state index contributed by atoms with van der Waals surface area (Å²) in [5.41, 5.74) is 0.102. The van der Waals surface area contributed by atoms with Crippen LogP contribution < -0.4 is 4.74 Å². The Hall–Kier alpha value is -1.68. The zero-order valence-electron chi connectivity index (χ0n) is 9.75. The first-order valence-corrected chi connectivity index (χ1v) is 6.02. The van der Waals surface area contributed by atoms with Crippen LogP contribution in [0, 0.1) is 0 Å². The van der Waals surface area contributed by atoms with Gasteiger partial charge >= 0.3 is 6.18 Å². The summed E-state index contributed by atoms with van der Waals surface area (Å²) in [6.07, 6.45) is -4.38. The molecule has 2 aromatic rings. The van der Waals surface area contributed by atoms with Crippen molar-refractivity contribution in [2.24, 2.45) is 0 Å². The molecule has 5 heteroatoms. The highest BCUT2D eigenvalue weighted by atomic mass is 35.5. The second-order valence-electron chi connectivity index (χ2n) is 3.91. The number of hydrogen-bond donors (Lipinski definition) is 0. The summed E-state index contributed by atoms with van der Waals surface area (Å²) >= 11 is 5.68. The van der Waals surface area contributed by atoms with Crippen molar-refractivity contribution in [2.45, 2.75) is 12.1 Å². The van der Waals surface area contributed by atoms with Crippen molar-refractivity contribution in [1.29, 1.82) is 0 Å². The monoisotopic (exact) mass is 286 g/mol. The number of rotatable bonds is 3. The SMILES string of the molecule is FC(F)(F)c1cccc(Oc2cccc(CCl)c2)c1. The maximum absolute atomic E-state index is 12.6. The zero-order valence-corrected chi connectivity index (χ0v) is 10.5. The van der Waals surface area contributed by atoms with Gasteiger partial charge in [-0.2, -0.15) is 13.2 Å². The van der Waals surface area contributed by atoms with Crippen molar-refractivity contribution in [2.75, 3.05) is 0 Å². The topological polar surface area (TPSA) is 9.23 Å². The van der Waals surface area contributed by atoms with Gasteiger partial charge in [-0.1, -0.05) is 18.2 Å². The van der Waals surface area contributed by atoms with Gasteiger partial charge in [-0.15, -0.1) is 11.6 Å². The van der Waals surface area contributed by atoms with Crippen molar-refractivity contribution < 1.29 is 17.9 Å². The van der Waals surface area contributed by atoms with Crippen molar-refractivity contribution in [3.63, 3.8) is 0 Å². The summed E-state index contributed by atoms with van der Waals surface area (Å²) in [7, 11) is 0. The number of halogens is 4. The Labute approximate surface area is 113 Å². The summed E-state index contributed by atoms with van der Waals surface area (Å²) in [6, 6.07) is 11.7. The fraction of sp³-hybridized carbons (Fsp3) is 0.143. The molecule has 0 bridgehead atoms. The molecule has 100 valence electrons. The van der Waals surface area contributed by atoms with Crippen LogP contribution in [-0.2, 0) is 12.1 Å². The molecule has 0 amide bonds. The molecule has 0 fully saturated rings. The second-order valence-corrected chi connectivity index (χ2v) is 4.18. The van der Waals surface area contributed by atoms with Crippen molar-refractivity contribution in [1.82, 2.24) is 0 Å². The summed E-state index contributed by atoms with van der Waals surface area (Å²) in [4.78, 5) is 0. The van der Waals surface area contributed by atoms with Crippen LogP contribution in [0.3, 0.4) is 0 Å². The van der Waals surface area contributed by atoms with E-state index in [1.165, 1.54) is 12.1 Å². The molecule has 2 aromatic carbocycles. The van der Waals surface area contributed by atoms with Crippen LogP contribution in [0.2, 0.25) is 0 Å². The molecule has 2 rings (SSSR count). The highest BCUT2D eigenvalue weighted by Crippen LogP contribution is 2.32. The Kier molecular flexibility index (Phi) is 4.00. The third-order valence-electron chi connectivity index (χ3n) is 2.45. The Balaban J connectivity index is 2.23. The summed E-state index contributed by atoms with van der Waals surface area (Å²) in [6.45, 7) is 0. The molecule has 0 atom stereocenters. The zero-order chi connectivity index (χ0) is 13.9. The molecule has 1 nitrogen and oxygen atoms in total. The molecular formula is C14H10ClF3O. The molecule has 0 saturated heterocycles. The minimum absolute atomic E-state index is 0.140. The van der Waals surface area contributed by atoms with Crippen molar-refractivity contribution >= 4 is 11.6 Å². The van der Waals surface area contributed by atoms with Crippen LogP contribution in [0.5, 0.6) is 11.5 Å². The van der Waals surface area contributed by atoms with E-state index in [4.69, 9.17) is 16.3 Å². The van der Waals surface area contributed by atoms with E-state index in [-0.39, 0.29) is 5.75 Å². The maximum Gasteiger partial charge on any atom is 0.416 e. The van der Waals surface area contributed by atoms with Gasteiger partial charge in [-0.25, -0.2) is 0 Å². The molecule has 0 aliphatic carbocycles. The minimum atomic E-state index is -4.38. The average molecular weight is 287 g/mol. The van der Waals surface area contributed by atoms with E-state index in [0.717, 1.165) is 17.7 Å². The Bertz CT molecular complexity index is 567. The van der Waals surface area contributed by atoms with Gasteiger partial charge in [0.1, 0.15) is 11.5 Å². The third kappa shape index (κ3) is 3.64. The Morgan fingerprint density at radius 3 is 2.21 bits per heavy atom. The number of alkyl halides is 4. The van der Waals surface area contributed by atoms with Gasteiger partial charge in [-0.3, -0.25) is 0 Å². The highest BCUT2D eigenvalue weighted by Gasteiger charge is 2.30. The lowest BCUT2D eigenvalue weighted by Gasteiger charge is -2.10. The van der Waals surface area contributed by atoms with E-state index in [1.807, 2.05) is 6.07 Å². The molecule has 0 aliphatic heterocycles. The van der Waals surface area contributed by atoms with E-state index in [0.29, 0.717) is 11.6 Å². The van der Waals surface area contributed by atoms with Gasteiger partial charge in [0.2, 0.25) is 0 Å². The van der Waals surface area contributed by atoms with E-state index < -0.39 is 11.7 Å². The van der Waals surface area contributed by atoms with E-state index in [1.54, 1.807) is 18.2 Å². The molecule has 0 spiro atoms. The summed E-state index contributed by atoms with van der Waals surface area (Å²) in [5.74, 6) is 0.916. The average Bonchev–Trinajstić information content (AvgIpc) is 2.38. The lowest BCUT2D eigenvalue weighted by Crippen LogP contribution is -2.04. The Morgan fingerprint density at radius 1 is 0.947 bits per heavy atom. The molecule has 0 N–H and O–H groups in total. The number of hydrogen-bond acceptors (Lipinski definition) is 1. The van der Waals surface area contributed by atoms with Gasteiger partial charge in [0.05, 0.1) is 5.56 Å². The van der Waals surface area contributed by atoms with E-state index >= 15 is 0 Å². The predicted molar refractivity (Wildman–Crippen MR) is 67.5 cm³/mol. The van der Waals surface area contributed by atoms with Gasteiger partial charge in [-0.05, 0) is 35.9 Å². The summed E-state index contributed by atoms with van der Waals surface area (Å²) < 4.78 is 43.1. The molecule has 0 radical (unpaired) electrons. The molecule has 0 aliphatic rings. The fourth-order valence-corrected chi connectivity index (χ4v) is 1.73.